The summed E-state index contributed by atoms with van der Waals surface area (Å²) in [7, 11) is 0. The van der Waals surface area contributed by atoms with Gasteiger partial charge in [0.25, 0.3) is 0 Å². The number of nitrogens with one attached hydrogen (secondary N) is 1. The average molecular weight is 255 g/mol. The SMILES string of the molecule is CC(C)(NC(=O)O)c1cccc(-c2ccccc2)c1. The molecule has 0 saturated carbocycles. The lowest BCUT2D eigenvalue weighted by molar-refractivity contribution is 0.182. The van der Waals surface area contributed by atoms with Gasteiger partial charge < -0.3 is 10.4 Å². The zero-order valence-electron chi connectivity index (χ0n) is 11.1. The van der Waals surface area contributed by atoms with Crippen molar-refractivity contribution in [3.05, 3.63) is 60.2 Å². The number of benzene rings is 2. The van der Waals surface area contributed by atoms with Crippen LogP contribution in [-0.4, -0.2) is 11.2 Å². The van der Waals surface area contributed by atoms with Crippen molar-refractivity contribution >= 4 is 6.09 Å². The molecule has 3 nitrogen and oxygen atoms in total. The van der Waals surface area contributed by atoms with E-state index < -0.39 is 11.6 Å². The maximum Gasteiger partial charge on any atom is 0.405 e. The van der Waals surface area contributed by atoms with Crippen molar-refractivity contribution in [1.29, 1.82) is 0 Å². The van der Waals surface area contributed by atoms with Crippen molar-refractivity contribution in [2.24, 2.45) is 0 Å². The zero-order valence-corrected chi connectivity index (χ0v) is 11.1. The van der Waals surface area contributed by atoms with Crippen molar-refractivity contribution < 1.29 is 9.90 Å². The summed E-state index contributed by atoms with van der Waals surface area (Å²) in [6.07, 6.45) is -1.02. The van der Waals surface area contributed by atoms with Gasteiger partial charge >= 0.3 is 6.09 Å². The molecule has 0 bridgehead atoms. The maximum atomic E-state index is 10.8. The third-order valence-electron chi connectivity index (χ3n) is 3.11. The van der Waals surface area contributed by atoms with Gasteiger partial charge in [0.15, 0.2) is 0 Å². The van der Waals surface area contributed by atoms with Gasteiger partial charge in [0.1, 0.15) is 0 Å². The van der Waals surface area contributed by atoms with E-state index in [2.05, 4.69) is 5.32 Å². The molecule has 0 heterocycles. The Bertz CT molecular complexity index is 576. The Morgan fingerprint density at radius 2 is 1.63 bits per heavy atom. The van der Waals surface area contributed by atoms with Crippen molar-refractivity contribution in [1.82, 2.24) is 5.32 Å². The van der Waals surface area contributed by atoms with Crippen LogP contribution in [0.4, 0.5) is 4.79 Å². The molecule has 19 heavy (non-hydrogen) atoms. The Morgan fingerprint density at radius 3 is 2.26 bits per heavy atom. The molecule has 2 rings (SSSR count). The normalized spacial score (nSPS) is 11.1. The van der Waals surface area contributed by atoms with Crippen molar-refractivity contribution in [3.8, 4) is 11.1 Å². The molecule has 0 saturated heterocycles. The first kappa shape index (κ1) is 13.1. The van der Waals surface area contributed by atoms with Crippen LogP contribution in [0.25, 0.3) is 11.1 Å². The van der Waals surface area contributed by atoms with Gasteiger partial charge in [-0.15, -0.1) is 0 Å². The summed E-state index contributed by atoms with van der Waals surface area (Å²) >= 11 is 0. The molecule has 0 radical (unpaired) electrons. The average Bonchev–Trinajstić information content (AvgIpc) is 2.38. The highest BCUT2D eigenvalue weighted by atomic mass is 16.4. The van der Waals surface area contributed by atoms with E-state index in [-0.39, 0.29) is 0 Å². The Morgan fingerprint density at radius 1 is 1.00 bits per heavy atom. The summed E-state index contributed by atoms with van der Waals surface area (Å²) in [5.41, 5.74) is 2.53. The second kappa shape index (κ2) is 5.14. The molecule has 98 valence electrons. The van der Waals surface area contributed by atoms with Crippen molar-refractivity contribution in [3.63, 3.8) is 0 Å². The van der Waals surface area contributed by atoms with Gasteiger partial charge in [-0.25, -0.2) is 4.79 Å². The summed E-state index contributed by atoms with van der Waals surface area (Å²) in [6.45, 7) is 3.70. The van der Waals surface area contributed by atoms with Gasteiger partial charge in [-0.1, -0.05) is 48.5 Å². The lowest BCUT2D eigenvalue weighted by atomic mass is 9.91. The smallest absolute Gasteiger partial charge is 0.405 e. The van der Waals surface area contributed by atoms with Gasteiger partial charge in [-0.3, -0.25) is 0 Å². The molecule has 0 aliphatic heterocycles. The molecule has 2 aromatic carbocycles. The quantitative estimate of drug-likeness (QED) is 0.875. The molecule has 0 aliphatic carbocycles. The zero-order chi connectivity index (χ0) is 13.9. The predicted octanol–water partition coefficient (Wildman–Crippen LogP) is 3.86. The van der Waals surface area contributed by atoms with E-state index in [0.717, 1.165) is 16.7 Å². The van der Waals surface area contributed by atoms with E-state index in [1.54, 1.807) is 0 Å². The largest absolute Gasteiger partial charge is 0.465 e. The van der Waals surface area contributed by atoms with Gasteiger partial charge in [0, 0.05) is 0 Å². The Balaban J connectivity index is 2.37. The number of rotatable bonds is 3. The summed E-state index contributed by atoms with van der Waals surface area (Å²) in [6, 6.07) is 18.0. The van der Waals surface area contributed by atoms with Crippen LogP contribution in [0.2, 0.25) is 0 Å². The number of amides is 1. The van der Waals surface area contributed by atoms with Crippen LogP contribution < -0.4 is 5.32 Å². The van der Waals surface area contributed by atoms with E-state index >= 15 is 0 Å². The third-order valence-corrected chi connectivity index (χ3v) is 3.11. The second-order valence-corrected chi connectivity index (χ2v) is 5.00. The van der Waals surface area contributed by atoms with E-state index in [0.29, 0.717) is 0 Å². The first-order valence-corrected chi connectivity index (χ1v) is 6.16. The minimum absolute atomic E-state index is 0.614. The monoisotopic (exact) mass is 255 g/mol. The second-order valence-electron chi connectivity index (χ2n) is 5.00. The van der Waals surface area contributed by atoms with Gasteiger partial charge in [0.2, 0.25) is 0 Å². The summed E-state index contributed by atoms with van der Waals surface area (Å²) in [4.78, 5) is 10.8. The van der Waals surface area contributed by atoms with E-state index in [4.69, 9.17) is 5.11 Å². The fourth-order valence-electron chi connectivity index (χ4n) is 2.06. The van der Waals surface area contributed by atoms with E-state index in [9.17, 15) is 4.79 Å². The van der Waals surface area contributed by atoms with Gasteiger partial charge in [0.05, 0.1) is 5.54 Å². The molecule has 0 atom stereocenters. The molecule has 0 aliphatic rings. The Hall–Kier alpha value is -2.29. The summed E-state index contributed by atoms with van der Waals surface area (Å²) in [5, 5.41) is 11.4. The van der Waals surface area contributed by atoms with Crippen LogP contribution in [0.15, 0.2) is 54.6 Å². The fourth-order valence-corrected chi connectivity index (χ4v) is 2.06. The van der Waals surface area contributed by atoms with Gasteiger partial charge in [-0.05, 0) is 36.6 Å². The van der Waals surface area contributed by atoms with Crippen LogP contribution in [0.1, 0.15) is 19.4 Å². The molecular formula is C16H17NO2. The Kier molecular flexibility index (Phi) is 3.56. The lowest BCUT2D eigenvalue weighted by Crippen LogP contribution is -2.40. The van der Waals surface area contributed by atoms with Crippen LogP contribution in [-0.2, 0) is 5.54 Å². The van der Waals surface area contributed by atoms with E-state index in [1.807, 2.05) is 68.4 Å². The first-order chi connectivity index (χ1) is 8.99. The maximum absolute atomic E-state index is 10.8. The number of hydrogen-bond donors (Lipinski definition) is 2. The molecule has 0 aromatic heterocycles. The van der Waals surface area contributed by atoms with E-state index in [1.165, 1.54) is 0 Å². The standard InChI is InChI=1S/C16H17NO2/c1-16(2,17-15(18)19)14-10-6-9-13(11-14)12-7-4-3-5-8-12/h3-11,17H,1-2H3,(H,18,19). The molecule has 0 spiro atoms. The molecule has 0 unspecified atom stereocenters. The molecule has 2 aromatic rings. The minimum atomic E-state index is -1.02. The number of hydrogen-bond acceptors (Lipinski definition) is 1. The lowest BCUT2D eigenvalue weighted by Gasteiger charge is -2.25. The van der Waals surface area contributed by atoms with Crippen LogP contribution >= 0.6 is 0 Å². The molecule has 2 N–H and O–H groups in total. The summed E-state index contributed by atoms with van der Waals surface area (Å²) in [5.74, 6) is 0. The molecule has 0 fully saturated rings. The third kappa shape index (κ3) is 3.13. The first-order valence-electron chi connectivity index (χ1n) is 6.16. The Labute approximate surface area is 112 Å². The predicted molar refractivity (Wildman–Crippen MR) is 76.1 cm³/mol. The van der Waals surface area contributed by atoms with Crippen molar-refractivity contribution in [2.75, 3.05) is 0 Å². The highest BCUT2D eigenvalue weighted by molar-refractivity contribution is 5.67. The summed E-state index contributed by atoms with van der Waals surface area (Å²) < 4.78 is 0. The highest BCUT2D eigenvalue weighted by Gasteiger charge is 2.22. The van der Waals surface area contributed by atoms with Crippen LogP contribution in [0, 0.1) is 0 Å². The molecule has 1 amide bonds. The number of carboxylic acid groups (broad SMARTS) is 1. The van der Waals surface area contributed by atoms with Crippen LogP contribution in [0.3, 0.4) is 0 Å². The van der Waals surface area contributed by atoms with Crippen molar-refractivity contribution in [2.45, 2.75) is 19.4 Å². The topological polar surface area (TPSA) is 49.3 Å². The molecule has 3 heteroatoms. The highest BCUT2D eigenvalue weighted by Crippen LogP contribution is 2.26. The van der Waals surface area contributed by atoms with Gasteiger partial charge in [-0.2, -0.15) is 0 Å². The fraction of sp³-hybridized carbons (Fsp3) is 0.188. The number of carbonyl (C=O) groups is 1. The minimum Gasteiger partial charge on any atom is -0.465 e. The molecular weight excluding hydrogens is 238 g/mol. The van der Waals surface area contributed by atoms with Crippen LogP contribution in [0.5, 0.6) is 0 Å².